The van der Waals surface area contributed by atoms with E-state index in [0.717, 1.165) is 133 Å². The van der Waals surface area contributed by atoms with Gasteiger partial charge in [-0.25, -0.2) is 9.69 Å². The van der Waals surface area contributed by atoms with Gasteiger partial charge in [-0.2, -0.15) is 10.5 Å². The van der Waals surface area contributed by atoms with Gasteiger partial charge in [0.15, 0.2) is 11.4 Å². The van der Waals surface area contributed by atoms with Crippen LogP contribution in [0.15, 0.2) is 133 Å². The van der Waals surface area contributed by atoms with Crippen molar-refractivity contribution in [1.29, 1.82) is 10.5 Å². The molecule has 0 radical (unpaired) electrons. The number of fused-ring (bicyclic) bond motifs is 11. The Hall–Kier alpha value is -8.54. The molecule has 0 spiro atoms. The smallest absolute Gasteiger partial charge is 0.196 e. The van der Waals surface area contributed by atoms with Gasteiger partial charge in [0.25, 0.3) is 0 Å². The molecule has 2 aliphatic carbocycles. The summed E-state index contributed by atoms with van der Waals surface area (Å²) >= 11 is 0. The third-order valence-electron chi connectivity index (χ3n) is 16.7. The van der Waals surface area contributed by atoms with Crippen LogP contribution in [0.2, 0.25) is 0 Å². The van der Waals surface area contributed by atoms with Crippen LogP contribution in [0.4, 0.5) is 11.4 Å². The van der Waals surface area contributed by atoms with E-state index in [-0.39, 0.29) is 11.8 Å². The van der Waals surface area contributed by atoms with Crippen LogP contribution < -0.4 is 0 Å². The molecule has 328 valence electrons. The monoisotopic (exact) mass is 892 g/mol. The highest BCUT2D eigenvalue weighted by Gasteiger charge is 2.33. The van der Waals surface area contributed by atoms with E-state index in [0.29, 0.717) is 22.5 Å². The molecule has 12 aromatic rings. The zero-order valence-corrected chi connectivity index (χ0v) is 38.7. The summed E-state index contributed by atoms with van der Waals surface area (Å²) in [6, 6.07) is 53.2. The minimum absolute atomic E-state index is 0.187. The summed E-state index contributed by atoms with van der Waals surface area (Å²) in [5, 5.41) is 42.0. The van der Waals surface area contributed by atoms with Crippen molar-refractivity contribution >= 4 is 108 Å². The highest BCUT2D eigenvalue weighted by molar-refractivity contribution is 6.44. The van der Waals surface area contributed by atoms with E-state index >= 15 is 0 Å². The third kappa shape index (κ3) is 5.66. The van der Waals surface area contributed by atoms with Crippen LogP contribution in [0.3, 0.4) is 0 Å². The topological polar surface area (TPSA) is 56.3 Å². The Morgan fingerprint density at radius 2 is 0.771 bits per heavy atom. The molecule has 14 rings (SSSR count). The first kappa shape index (κ1) is 40.5. The van der Waals surface area contributed by atoms with Crippen molar-refractivity contribution in [2.24, 2.45) is 0 Å². The predicted octanol–water partition coefficient (Wildman–Crippen LogP) is 19.2. The van der Waals surface area contributed by atoms with Crippen molar-refractivity contribution in [2.45, 2.75) is 76.0 Å². The normalized spacial score (nSPS) is 15.0. The summed E-state index contributed by atoms with van der Waals surface area (Å²) in [5.74, 6) is 0.377. The highest BCUT2D eigenvalue weighted by Crippen LogP contribution is 2.59. The zero-order chi connectivity index (χ0) is 46.8. The molecule has 0 aliphatic heterocycles. The molecule has 0 atom stereocenters. The molecule has 0 amide bonds. The van der Waals surface area contributed by atoms with E-state index < -0.39 is 0 Å². The van der Waals surface area contributed by atoms with Crippen molar-refractivity contribution in [3.63, 3.8) is 0 Å². The molecule has 2 aliphatic rings. The summed E-state index contributed by atoms with van der Waals surface area (Å²) < 4.78 is 0. The number of hydrogen-bond donors (Lipinski definition) is 0. The molecule has 0 saturated heterocycles. The van der Waals surface area contributed by atoms with Crippen LogP contribution in [-0.2, 0) is 0 Å². The van der Waals surface area contributed by atoms with E-state index in [1.165, 1.54) is 61.3 Å². The molecule has 4 heteroatoms. The molecule has 0 unspecified atom stereocenters. The molecular weight excluding hydrogens is 849 g/mol. The lowest BCUT2D eigenvalue weighted by Crippen LogP contribution is -2.08. The van der Waals surface area contributed by atoms with Crippen molar-refractivity contribution in [3.05, 3.63) is 179 Å². The first-order valence-electron chi connectivity index (χ1n) is 25.1. The summed E-state index contributed by atoms with van der Waals surface area (Å²) in [6.45, 7) is 18.0. The van der Waals surface area contributed by atoms with Gasteiger partial charge in [-0.1, -0.05) is 123 Å². The van der Waals surface area contributed by atoms with Crippen LogP contribution in [0.5, 0.6) is 0 Å². The van der Waals surface area contributed by atoms with Gasteiger partial charge in [-0.15, -0.1) is 0 Å². The van der Waals surface area contributed by atoms with Gasteiger partial charge in [-0.3, -0.25) is 0 Å². The lowest BCUT2D eigenvalue weighted by molar-refractivity contribution is 0.444. The summed E-state index contributed by atoms with van der Waals surface area (Å²) in [6.07, 6.45) is 10.8. The van der Waals surface area contributed by atoms with Gasteiger partial charge in [0.1, 0.15) is 0 Å². The van der Waals surface area contributed by atoms with Gasteiger partial charge in [0.05, 0.1) is 25.3 Å². The van der Waals surface area contributed by atoms with Crippen molar-refractivity contribution < 1.29 is 0 Å². The van der Waals surface area contributed by atoms with E-state index in [1.807, 2.05) is 12.1 Å². The van der Waals surface area contributed by atoms with Crippen molar-refractivity contribution in [2.75, 3.05) is 0 Å². The minimum Gasteiger partial charge on any atom is -0.237 e. The molecular formula is C66H44N4. The maximum Gasteiger partial charge on any atom is 0.196 e. The van der Waals surface area contributed by atoms with Crippen molar-refractivity contribution in [1.82, 2.24) is 0 Å². The molecule has 4 nitrogen and oxygen atoms in total. The summed E-state index contributed by atoms with van der Waals surface area (Å²) in [7, 11) is 0. The fourth-order valence-corrected chi connectivity index (χ4v) is 13.8. The second kappa shape index (κ2) is 15.5. The molecule has 12 aromatic carbocycles. The Kier molecular flexibility index (Phi) is 8.97. The van der Waals surface area contributed by atoms with Crippen LogP contribution in [0.25, 0.3) is 129 Å². The number of hydrogen-bond acceptors (Lipinski definition) is 2. The second-order valence-electron chi connectivity index (χ2n) is 20.2. The average Bonchev–Trinajstić information content (AvgIpc) is 3.92. The molecule has 0 aromatic heterocycles. The predicted molar refractivity (Wildman–Crippen MR) is 291 cm³/mol. The molecule has 70 heavy (non-hydrogen) atoms. The Labute approximate surface area is 405 Å². The standard InChI is InChI=1S/C66H44N4/c1-69-57-29-37(35-67)27-49(39-15-5-3-6-16-39)61(57)64-54-33-51-47-25-13-23-45-43-21-11-9-19-41(43)31-53(59(45)47)52(51)34-55(54)65(62-50(40-17-7-4-8-18-40)28-38(36-68)30-58(62)70-2)66-56-32-42-20-10-12-22-44(42)46-24-14-26-48(60(46)56)63(64)66/h9-14,19-34,39-40H,3-8,15-18H2. The third-order valence-corrected chi connectivity index (χ3v) is 16.7. The Balaban J connectivity index is 1.30. The number of benzene rings is 10. The maximum absolute atomic E-state index is 10.6. The van der Waals surface area contributed by atoms with Crippen LogP contribution >= 0.6 is 0 Å². The lowest BCUT2D eigenvalue weighted by Gasteiger charge is -2.29. The first-order valence-corrected chi connectivity index (χ1v) is 25.1. The largest absolute Gasteiger partial charge is 0.237 e. The van der Waals surface area contributed by atoms with Crippen molar-refractivity contribution in [3.8, 4) is 34.4 Å². The van der Waals surface area contributed by atoms with E-state index in [9.17, 15) is 10.5 Å². The van der Waals surface area contributed by atoms with Gasteiger partial charge in [-0.05, 0) is 216 Å². The Morgan fingerprint density at radius 1 is 0.357 bits per heavy atom. The number of rotatable bonds is 4. The maximum atomic E-state index is 10.6. The zero-order valence-electron chi connectivity index (χ0n) is 38.7. The minimum atomic E-state index is 0.187. The van der Waals surface area contributed by atoms with Crippen LogP contribution in [-0.4, -0.2) is 0 Å². The summed E-state index contributed by atoms with van der Waals surface area (Å²) in [5.41, 5.74) is 8.17. The van der Waals surface area contributed by atoms with E-state index in [2.05, 4.69) is 143 Å². The summed E-state index contributed by atoms with van der Waals surface area (Å²) in [4.78, 5) is 8.78. The van der Waals surface area contributed by atoms with Crippen LogP contribution in [0, 0.1) is 35.8 Å². The van der Waals surface area contributed by atoms with Gasteiger partial charge in [0, 0.05) is 11.1 Å². The molecule has 0 bridgehead atoms. The van der Waals surface area contributed by atoms with Gasteiger partial charge >= 0.3 is 0 Å². The molecule has 0 heterocycles. The number of nitriles is 2. The molecule has 2 fully saturated rings. The molecule has 0 N–H and O–H groups in total. The quantitative estimate of drug-likeness (QED) is 0.131. The average molecular weight is 893 g/mol. The Morgan fingerprint density at radius 3 is 1.27 bits per heavy atom. The van der Waals surface area contributed by atoms with Gasteiger partial charge < -0.3 is 0 Å². The number of nitrogens with zero attached hydrogens (tertiary/aromatic N) is 4. The van der Waals surface area contributed by atoms with E-state index in [1.54, 1.807) is 0 Å². The van der Waals surface area contributed by atoms with Crippen LogP contribution in [0.1, 0.15) is 98.3 Å². The Bertz CT molecular complexity index is 4420. The van der Waals surface area contributed by atoms with Gasteiger partial charge in [0.2, 0.25) is 0 Å². The van der Waals surface area contributed by atoms with E-state index in [4.69, 9.17) is 13.1 Å². The fourth-order valence-electron chi connectivity index (χ4n) is 13.8. The lowest BCUT2D eigenvalue weighted by atomic mass is 9.75. The SMILES string of the molecule is [C-]#[N+]c1cc(C#N)cc(C2CCCCC2)c1-c1c2cc3c(cc2c(-c2c([N+]#[C-])cc(C#N)cc2C2CCCCC2)c2c4cc5ccccc5c5cccc(c12)c54)c1cc2ccccc2c2cccc3c21. The first-order chi connectivity index (χ1) is 34.6. The second-order valence-corrected chi connectivity index (χ2v) is 20.2. The molecule has 2 saturated carbocycles. The fraction of sp³-hybridized carbons (Fsp3) is 0.182. The highest BCUT2D eigenvalue weighted by atomic mass is 14.7.